The molecule has 2 atom stereocenters. The Morgan fingerprint density at radius 3 is 2.23 bits per heavy atom. The topological polar surface area (TPSA) is 177 Å². The van der Waals surface area contributed by atoms with E-state index < -0.39 is 63.1 Å². The van der Waals surface area contributed by atoms with Crippen molar-refractivity contribution in [2.45, 2.75) is 89.6 Å². The fraction of sp³-hybridized carbons (Fsp3) is 0.467. The number of amides is 6. The first-order valence-corrected chi connectivity index (χ1v) is 22.9. The van der Waals surface area contributed by atoms with Gasteiger partial charge < -0.3 is 14.4 Å². The van der Waals surface area contributed by atoms with Crippen LogP contribution >= 0.6 is 0 Å². The number of piperidine rings is 2. The minimum absolute atomic E-state index is 0.0792. The van der Waals surface area contributed by atoms with E-state index in [0.29, 0.717) is 40.7 Å². The summed E-state index contributed by atoms with van der Waals surface area (Å²) in [4.78, 5) is 82.8. The molecule has 318 valence electrons. The Kier molecular flexibility index (Phi) is 12.7. The zero-order chi connectivity index (χ0) is 42.7. The summed E-state index contributed by atoms with van der Waals surface area (Å²) >= 11 is 0. The van der Waals surface area contributed by atoms with Crippen LogP contribution in [0.25, 0.3) is 0 Å². The molecule has 7 rings (SSSR count). The molecule has 0 spiro atoms. The predicted octanol–water partition coefficient (Wildman–Crippen LogP) is 5.68. The average Bonchev–Trinajstić information content (AvgIpc) is 3.62. The number of hydrogen-bond donors (Lipinski definition) is 1. The van der Waals surface area contributed by atoms with Gasteiger partial charge in [0, 0.05) is 25.8 Å². The van der Waals surface area contributed by atoms with Crippen LogP contribution < -0.4 is 19.7 Å². The Bertz CT molecular complexity index is 2320. The predicted molar refractivity (Wildman–Crippen MR) is 223 cm³/mol. The summed E-state index contributed by atoms with van der Waals surface area (Å²) in [5.74, 6) is -2.05. The number of sulfone groups is 1. The van der Waals surface area contributed by atoms with Gasteiger partial charge in [0.05, 0.1) is 53.5 Å². The number of nitrogens with zero attached hydrogens (tertiary/aromatic N) is 3. The SMILES string of the molecule is CCOc1cc([C@@H](CS(C)(=O)=O)N2C(=O)c3ccc(CCCCCCCC4CCN(c5cccc6c5C(=O)N(C5CCC(=O)NC5=O)C6=O)CC4)cc3C2=O)ccc1OC. The highest BCUT2D eigenvalue weighted by Crippen LogP contribution is 2.39. The van der Waals surface area contributed by atoms with Gasteiger partial charge in [0.1, 0.15) is 15.9 Å². The quantitative estimate of drug-likeness (QED) is 0.131. The standard InChI is InChI=1S/C45H52N4O10S/c1-4-59-38-26-30(16-19-37(38)58-2)36(27-60(3,56)57)49-42(52)31-17-15-29(25-33(31)44(49)54)12-9-7-5-6-8-11-28-21-23-47(24-22-28)34-14-10-13-32-40(34)45(55)48(43(32)53)35-18-20-39(50)46-41(35)51/h10,13-17,19,25-26,28,35-36H,4-9,11-12,18,20-24,27H2,1-3H3,(H,46,50,51)/t35?,36-/m1/s1. The van der Waals surface area contributed by atoms with Crippen molar-refractivity contribution < 1.29 is 46.7 Å². The monoisotopic (exact) mass is 840 g/mol. The van der Waals surface area contributed by atoms with E-state index in [4.69, 9.17) is 9.47 Å². The molecule has 0 aromatic heterocycles. The van der Waals surface area contributed by atoms with E-state index in [0.717, 1.165) is 98.2 Å². The molecule has 3 aromatic rings. The maximum Gasteiger partial charge on any atom is 0.264 e. The molecule has 0 bridgehead atoms. The van der Waals surface area contributed by atoms with E-state index in [-0.39, 0.29) is 24.0 Å². The van der Waals surface area contributed by atoms with E-state index in [9.17, 15) is 37.2 Å². The first kappa shape index (κ1) is 42.6. The van der Waals surface area contributed by atoms with Crippen molar-refractivity contribution in [1.82, 2.24) is 15.1 Å². The van der Waals surface area contributed by atoms with Crippen LogP contribution in [0, 0.1) is 5.92 Å². The van der Waals surface area contributed by atoms with Gasteiger partial charge >= 0.3 is 0 Å². The summed E-state index contributed by atoms with van der Waals surface area (Å²) in [5, 5.41) is 2.25. The highest BCUT2D eigenvalue weighted by Gasteiger charge is 2.46. The number of benzene rings is 3. The van der Waals surface area contributed by atoms with Gasteiger partial charge in [-0.1, -0.05) is 50.3 Å². The second-order valence-electron chi connectivity index (χ2n) is 16.2. The van der Waals surface area contributed by atoms with Crippen LogP contribution in [0.3, 0.4) is 0 Å². The van der Waals surface area contributed by atoms with Crippen molar-refractivity contribution in [2.75, 3.05) is 43.7 Å². The molecule has 3 aromatic carbocycles. The Balaban J connectivity index is 0.868. The molecule has 2 fully saturated rings. The molecular weight excluding hydrogens is 789 g/mol. The summed E-state index contributed by atoms with van der Waals surface area (Å²) < 4.78 is 36.2. The van der Waals surface area contributed by atoms with Crippen molar-refractivity contribution in [3.63, 3.8) is 0 Å². The molecule has 4 heterocycles. The first-order valence-electron chi connectivity index (χ1n) is 20.9. The maximum absolute atomic E-state index is 13.8. The normalized spacial score (nSPS) is 18.9. The fourth-order valence-electron chi connectivity index (χ4n) is 9.04. The number of aryl methyl sites for hydroxylation is 1. The number of carbonyl (C=O) groups is 6. The molecule has 0 saturated carbocycles. The number of imide groups is 3. The van der Waals surface area contributed by atoms with Crippen molar-refractivity contribution in [3.05, 3.63) is 88.0 Å². The number of rotatable bonds is 17. The Morgan fingerprint density at radius 2 is 1.52 bits per heavy atom. The number of nitrogens with one attached hydrogen (secondary N) is 1. The highest BCUT2D eigenvalue weighted by molar-refractivity contribution is 7.90. The number of unbranched alkanes of at least 4 members (excludes halogenated alkanes) is 4. The van der Waals surface area contributed by atoms with Gasteiger partial charge in [-0.3, -0.25) is 43.9 Å². The molecule has 1 unspecified atom stereocenters. The van der Waals surface area contributed by atoms with Crippen LogP contribution in [-0.4, -0.2) is 98.5 Å². The van der Waals surface area contributed by atoms with Crippen LogP contribution in [0.4, 0.5) is 5.69 Å². The molecule has 60 heavy (non-hydrogen) atoms. The van der Waals surface area contributed by atoms with Crippen LogP contribution in [0.5, 0.6) is 11.5 Å². The van der Waals surface area contributed by atoms with Crippen LogP contribution in [0.2, 0.25) is 0 Å². The van der Waals surface area contributed by atoms with Gasteiger partial charge in [0.2, 0.25) is 11.8 Å². The molecule has 6 amide bonds. The maximum atomic E-state index is 13.8. The van der Waals surface area contributed by atoms with Gasteiger partial charge in [-0.2, -0.15) is 0 Å². The average molecular weight is 841 g/mol. The summed E-state index contributed by atoms with van der Waals surface area (Å²) in [6, 6.07) is 13.5. The fourth-order valence-corrected chi connectivity index (χ4v) is 9.95. The lowest BCUT2D eigenvalue weighted by molar-refractivity contribution is -0.136. The lowest BCUT2D eigenvalue weighted by Crippen LogP contribution is -2.54. The smallest absolute Gasteiger partial charge is 0.264 e. The minimum atomic E-state index is -3.60. The van der Waals surface area contributed by atoms with E-state index in [1.54, 1.807) is 42.5 Å². The van der Waals surface area contributed by atoms with Gasteiger partial charge in [0.25, 0.3) is 23.6 Å². The molecule has 1 N–H and O–H groups in total. The summed E-state index contributed by atoms with van der Waals surface area (Å²) in [5.41, 5.74) is 3.31. The Labute approximate surface area is 350 Å². The highest BCUT2D eigenvalue weighted by atomic mass is 32.2. The van der Waals surface area contributed by atoms with Gasteiger partial charge in [-0.25, -0.2) is 8.42 Å². The third-order valence-electron chi connectivity index (χ3n) is 12.1. The van der Waals surface area contributed by atoms with Gasteiger partial charge in [-0.15, -0.1) is 0 Å². The molecule has 0 aliphatic carbocycles. The second kappa shape index (κ2) is 18.0. The molecule has 2 saturated heterocycles. The zero-order valence-corrected chi connectivity index (χ0v) is 35.2. The molecular formula is C45H52N4O10S. The van der Waals surface area contributed by atoms with Crippen molar-refractivity contribution in [2.24, 2.45) is 5.92 Å². The van der Waals surface area contributed by atoms with Gasteiger partial charge in [0.15, 0.2) is 11.5 Å². The van der Waals surface area contributed by atoms with Crippen LogP contribution in [-0.2, 0) is 25.8 Å². The van der Waals surface area contributed by atoms with E-state index in [2.05, 4.69) is 10.2 Å². The molecule has 4 aliphatic rings. The third kappa shape index (κ3) is 8.81. The van der Waals surface area contributed by atoms with Crippen molar-refractivity contribution in [3.8, 4) is 11.5 Å². The summed E-state index contributed by atoms with van der Waals surface area (Å²) in [7, 11) is -2.10. The summed E-state index contributed by atoms with van der Waals surface area (Å²) in [6.45, 7) is 3.69. The Morgan fingerprint density at radius 1 is 0.783 bits per heavy atom. The number of hydrogen-bond acceptors (Lipinski definition) is 11. The second-order valence-corrected chi connectivity index (χ2v) is 18.4. The lowest BCUT2D eigenvalue weighted by Gasteiger charge is -2.34. The zero-order valence-electron chi connectivity index (χ0n) is 34.4. The van der Waals surface area contributed by atoms with Crippen molar-refractivity contribution in [1.29, 1.82) is 0 Å². The number of ether oxygens (including phenoxy) is 2. The Hall–Kier alpha value is -5.57. The van der Waals surface area contributed by atoms with Crippen molar-refractivity contribution >= 4 is 51.0 Å². The third-order valence-corrected chi connectivity index (χ3v) is 13.0. The molecule has 0 radical (unpaired) electrons. The number of fused-ring (bicyclic) bond motifs is 2. The van der Waals surface area contributed by atoms with E-state index in [1.165, 1.54) is 7.11 Å². The van der Waals surface area contributed by atoms with Crippen LogP contribution in [0.15, 0.2) is 54.6 Å². The van der Waals surface area contributed by atoms with E-state index >= 15 is 0 Å². The van der Waals surface area contributed by atoms with Gasteiger partial charge in [-0.05, 0) is 92.5 Å². The van der Waals surface area contributed by atoms with E-state index in [1.807, 2.05) is 19.1 Å². The minimum Gasteiger partial charge on any atom is -0.493 e. The largest absolute Gasteiger partial charge is 0.493 e. The summed E-state index contributed by atoms with van der Waals surface area (Å²) in [6.07, 6.45) is 10.3. The number of carbonyl (C=O) groups excluding carboxylic acids is 6. The molecule has 4 aliphatic heterocycles. The lowest BCUT2D eigenvalue weighted by atomic mass is 9.90. The number of anilines is 1. The van der Waals surface area contributed by atoms with Crippen LogP contribution in [0.1, 0.15) is 130 Å². The number of methoxy groups -OCH3 is 1. The molecule has 14 nitrogen and oxygen atoms in total. The first-order chi connectivity index (χ1) is 28.8. The molecule has 15 heteroatoms.